The quantitative estimate of drug-likeness (QED) is 0.774. The van der Waals surface area contributed by atoms with E-state index in [2.05, 4.69) is 16.3 Å². The molecule has 3 nitrogen and oxygen atoms in total. The molecule has 2 rings (SSSR count). The van der Waals surface area contributed by atoms with E-state index in [0.29, 0.717) is 18.4 Å². The van der Waals surface area contributed by atoms with Gasteiger partial charge >= 0.3 is 0 Å². The molecule has 1 saturated heterocycles. The lowest BCUT2D eigenvalue weighted by atomic mass is 9.94. The highest BCUT2D eigenvalue weighted by molar-refractivity contribution is 5.79. The topological polar surface area (TPSA) is 32.3 Å². The van der Waals surface area contributed by atoms with E-state index in [1.54, 1.807) is 0 Å². The van der Waals surface area contributed by atoms with Gasteiger partial charge in [-0.05, 0) is 65.0 Å². The maximum Gasteiger partial charge on any atom is 0.226 e. The second-order valence-electron chi connectivity index (χ2n) is 5.91. The highest BCUT2D eigenvalue weighted by Crippen LogP contribution is 2.24. The SMILES string of the molecule is CNCCC1CCCCN1C(=O)CC1=CCCCC1. The summed E-state index contributed by atoms with van der Waals surface area (Å²) in [5, 5.41) is 3.21. The van der Waals surface area contributed by atoms with E-state index in [0.717, 1.165) is 25.9 Å². The molecule has 0 bridgehead atoms. The fourth-order valence-corrected chi connectivity index (χ4v) is 3.30. The van der Waals surface area contributed by atoms with E-state index in [4.69, 9.17) is 0 Å². The highest BCUT2D eigenvalue weighted by Gasteiger charge is 2.26. The molecule has 1 aliphatic carbocycles. The molecular weight excluding hydrogens is 236 g/mol. The molecule has 19 heavy (non-hydrogen) atoms. The van der Waals surface area contributed by atoms with Crippen molar-refractivity contribution in [2.24, 2.45) is 0 Å². The lowest BCUT2D eigenvalue weighted by Crippen LogP contribution is -2.44. The van der Waals surface area contributed by atoms with Crippen LogP contribution in [-0.4, -0.2) is 37.0 Å². The third kappa shape index (κ3) is 4.34. The summed E-state index contributed by atoms with van der Waals surface area (Å²) in [6, 6.07) is 0.470. The van der Waals surface area contributed by atoms with Crippen molar-refractivity contribution in [3.05, 3.63) is 11.6 Å². The minimum Gasteiger partial charge on any atom is -0.339 e. The van der Waals surface area contributed by atoms with Crippen molar-refractivity contribution in [3.8, 4) is 0 Å². The van der Waals surface area contributed by atoms with Gasteiger partial charge in [-0.2, -0.15) is 0 Å². The van der Waals surface area contributed by atoms with Gasteiger partial charge in [0.05, 0.1) is 0 Å². The number of amides is 1. The summed E-state index contributed by atoms with van der Waals surface area (Å²) in [5.74, 6) is 0.369. The Hall–Kier alpha value is -0.830. The number of piperidine rings is 1. The Kier molecular flexibility index (Phi) is 5.90. The highest BCUT2D eigenvalue weighted by atomic mass is 16.2. The zero-order valence-corrected chi connectivity index (χ0v) is 12.3. The van der Waals surface area contributed by atoms with Gasteiger partial charge in [0.2, 0.25) is 5.91 Å². The average molecular weight is 264 g/mol. The van der Waals surface area contributed by atoms with E-state index in [1.165, 1.54) is 44.1 Å². The Morgan fingerprint density at radius 3 is 3.00 bits per heavy atom. The number of rotatable bonds is 5. The van der Waals surface area contributed by atoms with Gasteiger partial charge in [-0.15, -0.1) is 0 Å². The third-order valence-corrected chi connectivity index (χ3v) is 4.44. The molecule has 1 N–H and O–H groups in total. The Morgan fingerprint density at radius 1 is 1.37 bits per heavy atom. The fourth-order valence-electron chi connectivity index (χ4n) is 3.30. The van der Waals surface area contributed by atoms with Crippen molar-refractivity contribution in [2.45, 2.75) is 63.8 Å². The van der Waals surface area contributed by atoms with Crippen molar-refractivity contribution >= 4 is 5.91 Å². The van der Waals surface area contributed by atoms with Gasteiger partial charge in [0.1, 0.15) is 0 Å². The maximum absolute atomic E-state index is 12.5. The van der Waals surface area contributed by atoms with Crippen molar-refractivity contribution in [2.75, 3.05) is 20.1 Å². The number of carbonyl (C=O) groups is 1. The van der Waals surface area contributed by atoms with Crippen LogP contribution in [-0.2, 0) is 4.79 Å². The molecule has 1 amide bonds. The Morgan fingerprint density at radius 2 is 2.26 bits per heavy atom. The van der Waals surface area contributed by atoms with Crippen LogP contribution in [0.1, 0.15) is 57.8 Å². The molecule has 0 aromatic rings. The molecule has 1 heterocycles. The predicted molar refractivity (Wildman–Crippen MR) is 79.1 cm³/mol. The number of likely N-dealkylation sites (tertiary alicyclic amines) is 1. The van der Waals surface area contributed by atoms with E-state index in [-0.39, 0.29) is 0 Å². The van der Waals surface area contributed by atoms with Crippen molar-refractivity contribution in [1.29, 1.82) is 0 Å². The molecule has 3 heteroatoms. The first-order valence-corrected chi connectivity index (χ1v) is 7.93. The predicted octanol–water partition coefficient (Wildman–Crippen LogP) is 2.87. The first-order chi connectivity index (χ1) is 9.31. The molecule has 0 aromatic carbocycles. The molecular formula is C16H28N2O. The van der Waals surface area contributed by atoms with E-state index in [9.17, 15) is 4.79 Å². The van der Waals surface area contributed by atoms with Crippen molar-refractivity contribution in [3.63, 3.8) is 0 Å². The van der Waals surface area contributed by atoms with Gasteiger partial charge < -0.3 is 10.2 Å². The van der Waals surface area contributed by atoms with Crippen LogP contribution in [0.4, 0.5) is 0 Å². The molecule has 108 valence electrons. The summed E-state index contributed by atoms with van der Waals surface area (Å²) in [5.41, 5.74) is 1.38. The molecule has 1 atom stereocenters. The van der Waals surface area contributed by atoms with Crippen LogP contribution in [0.15, 0.2) is 11.6 Å². The standard InChI is InChI=1S/C16H28N2O/c1-17-11-10-15-9-5-6-12-18(15)16(19)13-14-7-3-2-4-8-14/h7,15,17H,2-6,8-13H2,1H3. The van der Waals surface area contributed by atoms with Crippen LogP contribution < -0.4 is 5.32 Å². The number of hydrogen-bond donors (Lipinski definition) is 1. The average Bonchev–Trinajstić information content (AvgIpc) is 2.46. The van der Waals surface area contributed by atoms with Crippen LogP contribution >= 0.6 is 0 Å². The number of allylic oxidation sites excluding steroid dienone is 1. The van der Waals surface area contributed by atoms with Crippen LogP contribution in [0, 0.1) is 0 Å². The van der Waals surface area contributed by atoms with E-state index < -0.39 is 0 Å². The third-order valence-electron chi connectivity index (χ3n) is 4.44. The van der Waals surface area contributed by atoms with Crippen LogP contribution in [0.2, 0.25) is 0 Å². The summed E-state index contributed by atoms with van der Waals surface area (Å²) in [6.45, 7) is 1.98. The molecule has 0 aromatic heterocycles. The normalized spacial score (nSPS) is 24.2. The largest absolute Gasteiger partial charge is 0.339 e. The van der Waals surface area contributed by atoms with Crippen LogP contribution in [0.3, 0.4) is 0 Å². The molecule has 1 fully saturated rings. The fraction of sp³-hybridized carbons (Fsp3) is 0.812. The number of carbonyl (C=O) groups excluding carboxylic acids is 1. The van der Waals surface area contributed by atoms with Gasteiger partial charge in [0.15, 0.2) is 0 Å². The number of nitrogens with one attached hydrogen (secondary N) is 1. The first-order valence-electron chi connectivity index (χ1n) is 7.93. The minimum absolute atomic E-state index is 0.369. The zero-order valence-electron chi connectivity index (χ0n) is 12.3. The maximum atomic E-state index is 12.5. The smallest absolute Gasteiger partial charge is 0.226 e. The van der Waals surface area contributed by atoms with E-state index in [1.807, 2.05) is 7.05 Å². The van der Waals surface area contributed by atoms with E-state index >= 15 is 0 Å². The Labute approximate surface area is 117 Å². The lowest BCUT2D eigenvalue weighted by molar-refractivity contribution is -0.134. The molecule has 0 spiro atoms. The number of nitrogens with zero attached hydrogens (tertiary/aromatic N) is 1. The Bertz CT molecular complexity index is 325. The lowest BCUT2D eigenvalue weighted by Gasteiger charge is -2.36. The van der Waals surface area contributed by atoms with Gasteiger partial charge in [0.25, 0.3) is 0 Å². The molecule has 0 radical (unpaired) electrons. The monoisotopic (exact) mass is 264 g/mol. The van der Waals surface area contributed by atoms with Gasteiger partial charge in [-0.3, -0.25) is 4.79 Å². The molecule has 2 aliphatic rings. The van der Waals surface area contributed by atoms with Crippen molar-refractivity contribution in [1.82, 2.24) is 10.2 Å². The van der Waals surface area contributed by atoms with Crippen LogP contribution in [0.25, 0.3) is 0 Å². The molecule has 1 unspecified atom stereocenters. The summed E-state index contributed by atoms with van der Waals surface area (Å²) < 4.78 is 0. The summed E-state index contributed by atoms with van der Waals surface area (Å²) in [6.07, 6.45) is 12.6. The Balaban J connectivity index is 1.89. The van der Waals surface area contributed by atoms with Gasteiger partial charge in [-0.1, -0.05) is 11.6 Å². The summed E-state index contributed by atoms with van der Waals surface area (Å²) in [7, 11) is 1.99. The van der Waals surface area contributed by atoms with Crippen molar-refractivity contribution < 1.29 is 4.79 Å². The zero-order chi connectivity index (χ0) is 13.5. The summed E-state index contributed by atoms with van der Waals surface area (Å²) in [4.78, 5) is 14.7. The first kappa shape index (κ1) is 14.6. The second kappa shape index (κ2) is 7.68. The minimum atomic E-state index is 0.369. The van der Waals surface area contributed by atoms with Crippen LogP contribution in [0.5, 0.6) is 0 Å². The second-order valence-corrected chi connectivity index (χ2v) is 5.91. The summed E-state index contributed by atoms with van der Waals surface area (Å²) >= 11 is 0. The number of hydrogen-bond acceptors (Lipinski definition) is 2. The van der Waals surface area contributed by atoms with Gasteiger partial charge in [0, 0.05) is 19.0 Å². The van der Waals surface area contributed by atoms with Gasteiger partial charge in [-0.25, -0.2) is 0 Å². The molecule has 0 saturated carbocycles. The molecule has 1 aliphatic heterocycles.